The molecule has 2 saturated heterocycles. The predicted octanol–water partition coefficient (Wildman–Crippen LogP) is 2.48. The molecule has 0 radical (unpaired) electrons. The fourth-order valence-corrected chi connectivity index (χ4v) is 4.53. The van der Waals surface area contributed by atoms with Crippen molar-refractivity contribution in [3.05, 3.63) is 34.5 Å². The lowest BCUT2D eigenvalue weighted by atomic mass is 9.89. The van der Waals surface area contributed by atoms with E-state index in [1.165, 1.54) is 5.01 Å². The van der Waals surface area contributed by atoms with E-state index in [2.05, 4.69) is 37.5 Å². The summed E-state index contributed by atoms with van der Waals surface area (Å²) in [5.74, 6) is 0.715. The topological polar surface area (TPSA) is 63.2 Å². The Bertz CT molecular complexity index is 679. The van der Waals surface area contributed by atoms with Crippen molar-refractivity contribution >= 4 is 17.3 Å². The average Bonchev–Trinajstić information content (AvgIpc) is 3.15. The van der Waals surface area contributed by atoms with Crippen LogP contribution in [0.25, 0.3) is 0 Å². The second kappa shape index (κ2) is 6.74. The van der Waals surface area contributed by atoms with Crippen LogP contribution in [0.5, 0.6) is 0 Å². The largest absolute Gasteiger partial charge is 0.373 e. The SMILES string of the molecule is Cc1csc(CN2CC[C@]3(C[C@H](Nc4ncccn4)CCO3)C2)n1. The molecule has 0 aromatic carbocycles. The van der Waals surface area contributed by atoms with Gasteiger partial charge in [0.25, 0.3) is 0 Å². The highest BCUT2D eigenvalue weighted by Gasteiger charge is 2.43. The van der Waals surface area contributed by atoms with Gasteiger partial charge in [-0.1, -0.05) is 0 Å². The molecule has 0 unspecified atom stereocenters. The number of hydrogen-bond donors (Lipinski definition) is 1. The molecule has 2 aromatic heterocycles. The van der Waals surface area contributed by atoms with Crippen LogP contribution in [0, 0.1) is 6.92 Å². The minimum atomic E-state index is -0.0308. The maximum Gasteiger partial charge on any atom is 0.222 e. The highest BCUT2D eigenvalue weighted by molar-refractivity contribution is 7.09. The van der Waals surface area contributed by atoms with Crippen LogP contribution in [0.1, 0.15) is 30.0 Å². The molecule has 128 valence electrons. The molecule has 0 aliphatic carbocycles. The van der Waals surface area contributed by atoms with Crippen LogP contribution in [-0.4, -0.2) is 51.2 Å². The van der Waals surface area contributed by atoms with Crippen LogP contribution in [0.4, 0.5) is 5.95 Å². The van der Waals surface area contributed by atoms with Crippen LogP contribution in [-0.2, 0) is 11.3 Å². The molecule has 2 fully saturated rings. The summed E-state index contributed by atoms with van der Waals surface area (Å²) >= 11 is 1.75. The zero-order valence-corrected chi connectivity index (χ0v) is 14.8. The van der Waals surface area contributed by atoms with Gasteiger partial charge in [0.2, 0.25) is 5.95 Å². The first-order chi connectivity index (χ1) is 11.7. The first kappa shape index (κ1) is 15.9. The summed E-state index contributed by atoms with van der Waals surface area (Å²) in [5, 5.41) is 6.79. The molecule has 1 spiro atoms. The molecule has 7 heteroatoms. The van der Waals surface area contributed by atoms with Crippen molar-refractivity contribution in [2.24, 2.45) is 0 Å². The normalized spacial score (nSPS) is 27.6. The molecule has 2 atom stereocenters. The number of thiazole rings is 1. The molecular formula is C17H23N5OS. The first-order valence-corrected chi connectivity index (χ1v) is 9.40. The maximum atomic E-state index is 6.23. The standard InChI is InChI=1S/C17H23N5OS/c1-13-11-24-15(20-13)10-22-7-4-17(12-22)9-14(3-8-23-17)21-16-18-5-2-6-19-16/h2,5-6,11,14H,3-4,7-10,12H2,1H3,(H,18,19,21)/t14-,17+/m1/s1. The van der Waals surface area contributed by atoms with E-state index in [0.29, 0.717) is 12.0 Å². The van der Waals surface area contributed by atoms with Crippen molar-refractivity contribution < 1.29 is 4.74 Å². The fraction of sp³-hybridized carbons (Fsp3) is 0.588. The van der Waals surface area contributed by atoms with Gasteiger partial charge in [-0.2, -0.15) is 0 Å². The first-order valence-electron chi connectivity index (χ1n) is 8.52. The Morgan fingerprint density at radius 1 is 1.42 bits per heavy atom. The summed E-state index contributed by atoms with van der Waals surface area (Å²) in [7, 11) is 0. The summed E-state index contributed by atoms with van der Waals surface area (Å²) in [6, 6.07) is 2.22. The molecule has 1 N–H and O–H groups in total. The van der Waals surface area contributed by atoms with Gasteiger partial charge in [0.15, 0.2) is 0 Å². The zero-order chi connectivity index (χ0) is 16.4. The van der Waals surface area contributed by atoms with Gasteiger partial charge >= 0.3 is 0 Å². The predicted molar refractivity (Wildman–Crippen MR) is 94.1 cm³/mol. The van der Waals surface area contributed by atoms with Crippen LogP contribution in [0.3, 0.4) is 0 Å². The number of hydrogen-bond acceptors (Lipinski definition) is 7. The number of aryl methyl sites for hydroxylation is 1. The van der Waals surface area contributed by atoms with Crippen LogP contribution < -0.4 is 5.32 Å². The highest BCUT2D eigenvalue weighted by atomic mass is 32.1. The van der Waals surface area contributed by atoms with E-state index in [1.54, 1.807) is 23.7 Å². The second-order valence-electron chi connectivity index (χ2n) is 6.78. The number of nitrogens with one attached hydrogen (secondary N) is 1. The van der Waals surface area contributed by atoms with E-state index in [-0.39, 0.29) is 5.60 Å². The Kier molecular flexibility index (Phi) is 4.47. The molecular weight excluding hydrogens is 322 g/mol. The van der Waals surface area contributed by atoms with Gasteiger partial charge in [-0.15, -0.1) is 11.3 Å². The van der Waals surface area contributed by atoms with E-state index < -0.39 is 0 Å². The second-order valence-corrected chi connectivity index (χ2v) is 7.72. The van der Waals surface area contributed by atoms with Crippen molar-refractivity contribution in [2.75, 3.05) is 25.0 Å². The Balaban J connectivity index is 1.36. The van der Waals surface area contributed by atoms with Gasteiger partial charge in [-0.05, 0) is 32.3 Å². The highest BCUT2D eigenvalue weighted by Crippen LogP contribution is 2.35. The average molecular weight is 345 g/mol. The van der Waals surface area contributed by atoms with Gasteiger partial charge in [0.05, 0.1) is 12.1 Å². The van der Waals surface area contributed by atoms with Crippen LogP contribution in [0.2, 0.25) is 0 Å². The molecule has 2 aliphatic heterocycles. The van der Waals surface area contributed by atoms with Gasteiger partial charge in [0, 0.05) is 49.2 Å². The third kappa shape index (κ3) is 3.58. The van der Waals surface area contributed by atoms with Crippen molar-refractivity contribution in [2.45, 2.75) is 44.4 Å². The van der Waals surface area contributed by atoms with Gasteiger partial charge in [-0.25, -0.2) is 15.0 Å². The van der Waals surface area contributed by atoms with E-state index in [0.717, 1.165) is 51.2 Å². The monoisotopic (exact) mass is 345 g/mol. The Morgan fingerprint density at radius 3 is 3.08 bits per heavy atom. The minimum Gasteiger partial charge on any atom is -0.373 e. The molecule has 4 rings (SSSR count). The summed E-state index contributed by atoms with van der Waals surface area (Å²) in [6.45, 7) is 5.85. The van der Waals surface area contributed by atoms with Crippen LogP contribution in [0.15, 0.2) is 23.8 Å². The lowest BCUT2D eigenvalue weighted by molar-refractivity contribution is -0.0737. The fourth-order valence-electron chi connectivity index (χ4n) is 3.72. The van der Waals surface area contributed by atoms with Crippen molar-refractivity contribution in [1.82, 2.24) is 19.9 Å². The molecule has 0 bridgehead atoms. The lowest BCUT2D eigenvalue weighted by Gasteiger charge is -2.38. The van der Waals surface area contributed by atoms with E-state index in [1.807, 2.05) is 6.07 Å². The molecule has 2 aliphatic rings. The van der Waals surface area contributed by atoms with E-state index in [9.17, 15) is 0 Å². The number of likely N-dealkylation sites (tertiary alicyclic amines) is 1. The Morgan fingerprint density at radius 2 is 2.29 bits per heavy atom. The number of nitrogens with zero attached hydrogens (tertiary/aromatic N) is 4. The molecule has 0 amide bonds. The minimum absolute atomic E-state index is 0.0308. The third-order valence-corrected chi connectivity index (χ3v) is 5.76. The summed E-state index contributed by atoms with van der Waals surface area (Å²) in [6.07, 6.45) is 6.66. The summed E-state index contributed by atoms with van der Waals surface area (Å²) in [5.41, 5.74) is 1.08. The Labute approximate surface area is 146 Å². The number of ether oxygens (including phenoxy) is 1. The Hall–Kier alpha value is -1.57. The van der Waals surface area contributed by atoms with Crippen molar-refractivity contribution in [3.63, 3.8) is 0 Å². The van der Waals surface area contributed by atoms with Gasteiger partial charge in [0.1, 0.15) is 5.01 Å². The molecule has 0 saturated carbocycles. The molecule has 6 nitrogen and oxygen atoms in total. The van der Waals surface area contributed by atoms with Crippen LogP contribution >= 0.6 is 11.3 Å². The van der Waals surface area contributed by atoms with Gasteiger partial charge in [-0.3, -0.25) is 4.90 Å². The molecule has 24 heavy (non-hydrogen) atoms. The number of anilines is 1. The zero-order valence-electron chi connectivity index (χ0n) is 13.9. The summed E-state index contributed by atoms with van der Waals surface area (Å²) < 4.78 is 6.23. The van der Waals surface area contributed by atoms with E-state index >= 15 is 0 Å². The molecule has 2 aromatic rings. The van der Waals surface area contributed by atoms with Gasteiger partial charge < -0.3 is 10.1 Å². The number of rotatable bonds is 4. The lowest BCUT2D eigenvalue weighted by Crippen LogP contribution is -2.46. The molecule has 4 heterocycles. The van der Waals surface area contributed by atoms with Crippen molar-refractivity contribution in [3.8, 4) is 0 Å². The maximum absolute atomic E-state index is 6.23. The van der Waals surface area contributed by atoms with Crippen molar-refractivity contribution in [1.29, 1.82) is 0 Å². The third-order valence-electron chi connectivity index (χ3n) is 4.81. The van der Waals surface area contributed by atoms with E-state index in [4.69, 9.17) is 4.74 Å². The summed E-state index contributed by atoms with van der Waals surface area (Å²) in [4.78, 5) is 15.6. The smallest absolute Gasteiger partial charge is 0.222 e. The number of aromatic nitrogens is 3. The quantitative estimate of drug-likeness (QED) is 0.918.